The summed E-state index contributed by atoms with van der Waals surface area (Å²) in [6.07, 6.45) is 3.25. The molecule has 1 spiro atoms. The van der Waals surface area contributed by atoms with Gasteiger partial charge in [0.2, 0.25) is 5.91 Å². The molecule has 1 fully saturated rings. The molecule has 2 amide bonds. The Balaban J connectivity index is 1.84. The van der Waals surface area contributed by atoms with Crippen molar-refractivity contribution in [2.45, 2.75) is 37.4 Å². The summed E-state index contributed by atoms with van der Waals surface area (Å²) in [7, 11) is 3.07. The number of primary amides is 1. The minimum absolute atomic E-state index is 0.284. The highest BCUT2D eigenvalue weighted by molar-refractivity contribution is 6.47. The first-order chi connectivity index (χ1) is 14.5. The Kier molecular flexibility index (Phi) is 5.20. The van der Waals surface area contributed by atoms with E-state index in [9.17, 15) is 9.59 Å². The van der Waals surface area contributed by atoms with Crippen LogP contribution in [0.15, 0.2) is 53.5 Å². The maximum absolute atomic E-state index is 13.6. The molecule has 1 atom stereocenters. The molecule has 1 aliphatic heterocycles. The van der Waals surface area contributed by atoms with Gasteiger partial charge < -0.3 is 15.2 Å². The Hall–Kier alpha value is -3.35. The smallest absolute Gasteiger partial charge is 0.275 e. The molecule has 0 radical (unpaired) electrons. The maximum atomic E-state index is 13.6. The van der Waals surface area contributed by atoms with E-state index in [1.807, 2.05) is 30.3 Å². The van der Waals surface area contributed by atoms with Crippen molar-refractivity contribution in [2.24, 2.45) is 10.7 Å². The van der Waals surface area contributed by atoms with Crippen LogP contribution >= 0.6 is 0 Å². The molecule has 4 rings (SSSR count). The average molecular weight is 407 g/mol. The molecule has 1 heterocycles. The van der Waals surface area contributed by atoms with Crippen molar-refractivity contribution in [1.82, 2.24) is 4.90 Å². The van der Waals surface area contributed by atoms with Gasteiger partial charge in [0.25, 0.3) is 5.91 Å². The maximum Gasteiger partial charge on any atom is 0.275 e. The lowest BCUT2D eigenvalue weighted by atomic mass is 9.98. The zero-order valence-corrected chi connectivity index (χ0v) is 17.1. The van der Waals surface area contributed by atoms with Gasteiger partial charge in [0.05, 0.1) is 14.2 Å². The van der Waals surface area contributed by atoms with Crippen molar-refractivity contribution in [1.29, 1.82) is 0 Å². The van der Waals surface area contributed by atoms with E-state index in [0.717, 1.165) is 18.4 Å². The molecule has 2 N–H and O–H groups in total. The molecular weight excluding hydrogens is 382 g/mol. The molecule has 0 saturated heterocycles. The van der Waals surface area contributed by atoms with Gasteiger partial charge in [-0.25, -0.2) is 0 Å². The van der Waals surface area contributed by atoms with Crippen LogP contribution in [0.25, 0.3) is 0 Å². The molecule has 0 bridgehead atoms. The van der Waals surface area contributed by atoms with Crippen molar-refractivity contribution in [3.63, 3.8) is 0 Å². The number of amides is 2. The van der Waals surface area contributed by atoms with Gasteiger partial charge in [0.1, 0.15) is 28.9 Å². The number of rotatable bonds is 6. The van der Waals surface area contributed by atoms with E-state index < -0.39 is 17.6 Å². The van der Waals surface area contributed by atoms with E-state index in [1.165, 1.54) is 14.2 Å². The Morgan fingerprint density at radius 1 is 1.07 bits per heavy atom. The molecule has 1 unspecified atom stereocenters. The predicted molar refractivity (Wildman–Crippen MR) is 113 cm³/mol. The number of carbonyl (C=O) groups excluding carboxylic acids is 2. The second-order valence-corrected chi connectivity index (χ2v) is 7.64. The van der Waals surface area contributed by atoms with Crippen LogP contribution < -0.4 is 15.2 Å². The van der Waals surface area contributed by atoms with Gasteiger partial charge in [0.15, 0.2) is 0 Å². The average Bonchev–Trinajstić information content (AvgIpc) is 3.34. The second kappa shape index (κ2) is 7.82. The Bertz CT molecular complexity index is 975. The molecule has 1 saturated carbocycles. The molecule has 7 nitrogen and oxygen atoms in total. The molecule has 156 valence electrons. The SMILES string of the molecule is COc1cc(OC)cc(C(C(N)=O)N2C(=O)C(c3ccccc3)=NC23CCCC3)c1. The zero-order chi connectivity index (χ0) is 21.3. The standard InChI is InChI=1S/C23H25N3O4/c1-29-17-12-16(13-18(14-17)30-2)20(21(24)27)26-22(28)19(15-8-4-3-5-9-15)25-23(26)10-6-7-11-23/h3-5,8-9,12-14,20H,6-7,10-11H2,1-2H3,(H2,24,27). The van der Waals surface area contributed by atoms with Crippen LogP contribution in [0, 0.1) is 0 Å². The van der Waals surface area contributed by atoms with Gasteiger partial charge in [-0.05, 0) is 43.4 Å². The number of hydrogen-bond acceptors (Lipinski definition) is 5. The van der Waals surface area contributed by atoms with Crippen molar-refractivity contribution >= 4 is 17.5 Å². The number of carbonyl (C=O) groups is 2. The number of methoxy groups -OCH3 is 2. The van der Waals surface area contributed by atoms with Crippen molar-refractivity contribution in [3.05, 3.63) is 59.7 Å². The van der Waals surface area contributed by atoms with E-state index in [1.54, 1.807) is 23.1 Å². The van der Waals surface area contributed by atoms with Crippen LogP contribution in [0.2, 0.25) is 0 Å². The zero-order valence-electron chi connectivity index (χ0n) is 17.1. The first-order valence-electron chi connectivity index (χ1n) is 10.0. The van der Waals surface area contributed by atoms with Crippen LogP contribution in [0.1, 0.15) is 42.9 Å². The summed E-state index contributed by atoms with van der Waals surface area (Å²) in [5.74, 6) is 0.141. The summed E-state index contributed by atoms with van der Waals surface area (Å²) in [4.78, 5) is 32.8. The van der Waals surface area contributed by atoms with Gasteiger partial charge in [-0.2, -0.15) is 0 Å². The summed E-state index contributed by atoms with van der Waals surface area (Å²) in [6.45, 7) is 0. The van der Waals surface area contributed by atoms with Gasteiger partial charge in [-0.3, -0.25) is 19.5 Å². The second-order valence-electron chi connectivity index (χ2n) is 7.64. The molecule has 7 heteroatoms. The summed E-state index contributed by atoms with van der Waals surface area (Å²) in [6, 6.07) is 13.5. The number of benzene rings is 2. The summed E-state index contributed by atoms with van der Waals surface area (Å²) in [5, 5.41) is 0. The minimum atomic E-state index is -0.982. The quantitative estimate of drug-likeness (QED) is 0.797. The number of aliphatic imine (C=N–C) groups is 1. The van der Waals surface area contributed by atoms with Gasteiger partial charge in [-0.1, -0.05) is 30.3 Å². The first kappa shape index (κ1) is 19.9. The highest BCUT2D eigenvalue weighted by Crippen LogP contribution is 2.46. The molecule has 2 aliphatic rings. The van der Waals surface area contributed by atoms with Gasteiger partial charge in [0, 0.05) is 11.6 Å². The largest absolute Gasteiger partial charge is 0.497 e. The fraction of sp³-hybridized carbons (Fsp3) is 0.348. The third-order valence-corrected chi connectivity index (χ3v) is 5.86. The number of nitrogens with zero attached hydrogens (tertiary/aromatic N) is 2. The van der Waals surface area contributed by atoms with E-state index in [4.69, 9.17) is 20.2 Å². The molecule has 2 aromatic carbocycles. The summed E-state index contributed by atoms with van der Waals surface area (Å²) in [5.41, 5.74) is 6.75. The van der Waals surface area contributed by atoms with Crippen LogP contribution in [0.4, 0.5) is 0 Å². The summed E-state index contributed by atoms with van der Waals surface area (Å²) < 4.78 is 10.7. The van der Waals surface area contributed by atoms with E-state index in [-0.39, 0.29) is 5.91 Å². The third kappa shape index (κ3) is 3.30. The normalized spacial score (nSPS) is 18.4. The third-order valence-electron chi connectivity index (χ3n) is 5.86. The van der Waals surface area contributed by atoms with Crippen LogP contribution in [-0.2, 0) is 9.59 Å². The number of ether oxygens (including phenoxy) is 2. The van der Waals surface area contributed by atoms with E-state index >= 15 is 0 Å². The van der Waals surface area contributed by atoms with E-state index in [0.29, 0.717) is 35.6 Å². The number of nitrogens with two attached hydrogens (primary N) is 1. The molecule has 1 aliphatic carbocycles. The fourth-order valence-electron chi connectivity index (χ4n) is 4.48. The van der Waals surface area contributed by atoms with Crippen LogP contribution in [0.3, 0.4) is 0 Å². The number of hydrogen-bond donors (Lipinski definition) is 1. The molecule has 30 heavy (non-hydrogen) atoms. The van der Waals surface area contributed by atoms with Crippen LogP contribution in [-0.4, -0.2) is 42.3 Å². The minimum Gasteiger partial charge on any atom is -0.497 e. The van der Waals surface area contributed by atoms with E-state index in [2.05, 4.69) is 0 Å². The predicted octanol–water partition coefficient (Wildman–Crippen LogP) is 2.83. The Labute approximate surface area is 175 Å². The Morgan fingerprint density at radius 2 is 1.67 bits per heavy atom. The monoisotopic (exact) mass is 407 g/mol. The molecule has 2 aromatic rings. The molecular formula is C23H25N3O4. The van der Waals surface area contributed by atoms with Gasteiger partial charge >= 0.3 is 0 Å². The lowest BCUT2D eigenvalue weighted by Gasteiger charge is -2.38. The lowest BCUT2D eigenvalue weighted by Crippen LogP contribution is -2.51. The lowest BCUT2D eigenvalue weighted by molar-refractivity contribution is -0.139. The van der Waals surface area contributed by atoms with Crippen molar-refractivity contribution in [2.75, 3.05) is 14.2 Å². The van der Waals surface area contributed by atoms with Crippen molar-refractivity contribution in [3.8, 4) is 11.5 Å². The van der Waals surface area contributed by atoms with Crippen LogP contribution in [0.5, 0.6) is 11.5 Å². The molecule has 0 aromatic heterocycles. The van der Waals surface area contributed by atoms with Gasteiger partial charge in [-0.15, -0.1) is 0 Å². The first-order valence-corrected chi connectivity index (χ1v) is 10.0. The highest BCUT2D eigenvalue weighted by Gasteiger charge is 2.53. The summed E-state index contributed by atoms with van der Waals surface area (Å²) >= 11 is 0. The fourth-order valence-corrected chi connectivity index (χ4v) is 4.48. The highest BCUT2D eigenvalue weighted by atomic mass is 16.5. The van der Waals surface area contributed by atoms with Crippen molar-refractivity contribution < 1.29 is 19.1 Å². The Morgan fingerprint density at radius 3 is 2.20 bits per heavy atom. The topological polar surface area (TPSA) is 94.2 Å².